The maximum Gasteiger partial charge on any atom is 0.243 e. The van der Waals surface area contributed by atoms with Gasteiger partial charge in [-0.25, -0.2) is 12.8 Å². The van der Waals surface area contributed by atoms with Gasteiger partial charge >= 0.3 is 0 Å². The Labute approximate surface area is 157 Å². The number of anilines is 1. The highest BCUT2D eigenvalue weighted by atomic mass is 32.2. The van der Waals surface area contributed by atoms with Gasteiger partial charge < -0.3 is 14.6 Å². The summed E-state index contributed by atoms with van der Waals surface area (Å²) >= 11 is 0. The molecule has 0 aliphatic heterocycles. The lowest BCUT2D eigenvalue weighted by Gasteiger charge is -2.21. The van der Waals surface area contributed by atoms with Crippen molar-refractivity contribution >= 4 is 21.7 Å². The molecule has 1 N–H and O–H groups in total. The number of aryl methyl sites for hydroxylation is 1. The second-order valence-electron chi connectivity index (χ2n) is 5.71. The average Bonchev–Trinajstić information content (AvgIpc) is 3.02. The number of rotatable bonds is 10. The topological polar surface area (TPSA) is 102 Å². The molecular formula is C17H22FN3O5S. The lowest BCUT2D eigenvalue weighted by molar-refractivity contribution is -0.116. The minimum Gasteiger partial charge on any atom is -0.382 e. The Bertz CT molecular complexity index is 852. The largest absolute Gasteiger partial charge is 0.382 e. The van der Waals surface area contributed by atoms with Crippen LogP contribution in [0.3, 0.4) is 0 Å². The van der Waals surface area contributed by atoms with Crippen LogP contribution in [-0.2, 0) is 19.6 Å². The highest BCUT2D eigenvalue weighted by molar-refractivity contribution is 7.89. The molecule has 0 bridgehead atoms. The minimum absolute atomic E-state index is 0.0744. The molecule has 0 aliphatic rings. The molecule has 2 rings (SSSR count). The third kappa shape index (κ3) is 6.12. The van der Waals surface area contributed by atoms with Crippen LogP contribution in [0.4, 0.5) is 10.2 Å². The van der Waals surface area contributed by atoms with E-state index in [1.165, 1.54) is 18.2 Å². The smallest absolute Gasteiger partial charge is 0.243 e. The molecule has 2 aromatic rings. The number of sulfonamides is 1. The second kappa shape index (κ2) is 9.58. The lowest BCUT2D eigenvalue weighted by Crippen LogP contribution is -2.39. The zero-order valence-corrected chi connectivity index (χ0v) is 16.0. The number of carbonyl (C=O) groups excluding carboxylic acids is 1. The van der Waals surface area contributed by atoms with Crippen molar-refractivity contribution in [2.45, 2.75) is 25.2 Å². The molecule has 0 saturated heterocycles. The van der Waals surface area contributed by atoms with E-state index in [0.717, 1.165) is 16.4 Å². The van der Waals surface area contributed by atoms with Crippen LogP contribution < -0.4 is 5.32 Å². The van der Waals surface area contributed by atoms with Crippen LogP contribution in [-0.4, -0.2) is 50.1 Å². The van der Waals surface area contributed by atoms with Crippen LogP contribution in [0.25, 0.3) is 0 Å². The van der Waals surface area contributed by atoms with E-state index in [0.29, 0.717) is 25.4 Å². The van der Waals surface area contributed by atoms with Gasteiger partial charge in [0.2, 0.25) is 15.9 Å². The number of nitrogens with zero attached hydrogens (tertiary/aromatic N) is 2. The predicted octanol–water partition coefficient (Wildman–Crippen LogP) is 2.18. The van der Waals surface area contributed by atoms with Crippen molar-refractivity contribution in [3.05, 3.63) is 41.9 Å². The summed E-state index contributed by atoms with van der Waals surface area (Å²) in [7, 11) is -3.98. The first-order valence-corrected chi connectivity index (χ1v) is 9.83. The summed E-state index contributed by atoms with van der Waals surface area (Å²) < 4.78 is 49.9. The van der Waals surface area contributed by atoms with Gasteiger partial charge in [0.1, 0.15) is 11.6 Å². The Morgan fingerprint density at radius 2 is 2.04 bits per heavy atom. The first-order chi connectivity index (χ1) is 12.8. The normalized spacial score (nSPS) is 11.7. The van der Waals surface area contributed by atoms with Gasteiger partial charge in [0.05, 0.1) is 11.4 Å². The summed E-state index contributed by atoms with van der Waals surface area (Å²) in [6.07, 6.45) is 0.407. The van der Waals surface area contributed by atoms with Crippen molar-refractivity contribution < 1.29 is 26.9 Å². The summed E-state index contributed by atoms with van der Waals surface area (Å²) in [6.45, 7) is 4.03. The molecular weight excluding hydrogens is 377 g/mol. The lowest BCUT2D eigenvalue weighted by atomic mass is 10.4. The quantitative estimate of drug-likeness (QED) is 0.615. The standard InChI is InChI=1S/C17H22FN3O5S/c1-3-25-10-4-9-21(12-17(22)19-16-11-13(2)26-20-16)27(23,24)15-7-5-14(18)6-8-15/h5-8,11H,3-4,9-10,12H2,1-2H3,(H,19,20,22). The zero-order chi connectivity index (χ0) is 19.9. The van der Waals surface area contributed by atoms with Crippen molar-refractivity contribution in [2.24, 2.45) is 0 Å². The molecule has 1 aromatic heterocycles. The van der Waals surface area contributed by atoms with E-state index in [4.69, 9.17) is 9.26 Å². The van der Waals surface area contributed by atoms with Gasteiger partial charge in [0, 0.05) is 25.8 Å². The van der Waals surface area contributed by atoms with E-state index < -0.39 is 28.3 Å². The Balaban J connectivity index is 2.13. The average molecular weight is 399 g/mol. The SMILES string of the molecule is CCOCCCN(CC(=O)Nc1cc(C)on1)S(=O)(=O)c1ccc(F)cc1. The number of carbonyl (C=O) groups is 1. The second-order valence-corrected chi connectivity index (χ2v) is 7.65. The molecule has 1 aromatic carbocycles. The summed E-state index contributed by atoms with van der Waals surface area (Å²) in [6, 6.07) is 5.97. The van der Waals surface area contributed by atoms with Gasteiger partial charge in [-0.3, -0.25) is 4.79 Å². The maximum absolute atomic E-state index is 13.1. The van der Waals surface area contributed by atoms with Gasteiger partial charge in [-0.1, -0.05) is 5.16 Å². The molecule has 0 spiro atoms. The number of hydrogen-bond donors (Lipinski definition) is 1. The van der Waals surface area contributed by atoms with Crippen LogP contribution in [0.2, 0.25) is 0 Å². The Morgan fingerprint density at radius 3 is 2.63 bits per heavy atom. The van der Waals surface area contributed by atoms with E-state index in [1.807, 2.05) is 6.92 Å². The molecule has 0 fully saturated rings. The molecule has 0 radical (unpaired) electrons. The van der Waals surface area contributed by atoms with Crippen LogP contribution >= 0.6 is 0 Å². The van der Waals surface area contributed by atoms with Crippen molar-refractivity contribution in [2.75, 3.05) is 31.6 Å². The zero-order valence-electron chi connectivity index (χ0n) is 15.1. The fraction of sp³-hybridized carbons (Fsp3) is 0.412. The summed E-state index contributed by atoms with van der Waals surface area (Å²) in [5.74, 6) is -0.398. The number of halogens is 1. The van der Waals surface area contributed by atoms with E-state index in [-0.39, 0.29) is 17.3 Å². The molecule has 0 aliphatic carbocycles. The van der Waals surface area contributed by atoms with E-state index >= 15 is 0 Å². The third-order valence-electron chi connectivity index (χ3n) is 3.57. The monoisotopic (exact) mass is 399 g/mol. The first-order valence-electron chi connectivity index (χ1n) is 8.39. The predicted molar refractivity (Wildman–Crippen MR) is 96.1 cm³/mol. The van der Waals surface area contributed by atoms with Crippen LogP contribution in [0.1, 0.15) is 19.1 Å². The number of nitrogens with one attached hydrogen (secondary N) is 1. The number of aromatic nitrogens is 1. The maximum atomic E-state index is 13.1. The molecule has 1 heterocycles. The molecule has 0 saturated carbocycles. The first kappa shape index (κ1) is 21.0. The van der Waals surface area contributed by atoms with Gasteiger partial charge in [0.25, 0.3) is 0 Å². The van der Waals surface area contributed by atoms with Crippen LogP contribution in [0.15, 0.2) is 39.8 Å². The number of benzene rings is 1. The Morgan fingerprint density at radius 1 is 1.33 bits per heavy atom. The molecule has 0 unspecified atom stereocenters. The van der Waals surface area contributed by atoms with E-state index in [9.17, 15) is 17.6 Å². The van der Waals surface area contributed by atoms with E-state index in [1.54, 1.807) is 6.92 Å². The van der Waals surface area contributed by atoms with Gasteiger partial charge in [-0.2, -0.15) is 4.31 Å². The Hall–Kier alpha value is -2.30. The van der Waals surface area contributed by atoms with E-state index in [2.05, 4.69) is 10.5 Å². The highest BCUT2D eigenvalue weighted by Gasteiger charge is 2.26. The van der Waals surface area contributed by atoms with Crippen LogP contribution in [0.5, 0.6) is 0 Å². The summed E-state index contributed by atoms with van der Waals surface area (Å²) in [4.78, 5) is 12.2. The molecule has 8 nitrogen and oxygen atoms in total. The number of ether oxygens (including phenoxy) is 1. The Kier molecular flexibility index (Phi) is 7.45. The molecule has 10 heteroatoms. The third-order valence-corrected chi connectivity index (χ3v) is 5.43. The van der Waals surface area contributed by atoms with Gasteiger partial charge in [0.15, 0.2) is 5.82 Å². The van der Waals surface area contributed by atoms with Gasteiger partial charge in [-0.05, 0) is 44.5 Å². The fourth-order valence-corrected chi connectivity index (χ4v) is 3.73. The van der Waals surface area contributed by atoms with Gasteiger partial charge in [-0.15, -0.1) is 0 Å². The summed E-state index contributed by atoms with van der Waals surface area (Å²) in [5.41, 5.74) is 0. The molecule has 27 heavy (non-hydrogen) atoms. The minimum atomic E-state index is -3.98. The number of amides is 1. The molecule has 0 atom stereocenters. The summed E-state index contributed by atoms with van der Waals surface area (Å²) in [5, 5.41) is 6.13. The van der Waals surface area contributed by atoms with Crippen molar-refractivity contribution in [3.8, 4) is 0 Å². The molecule has 148 valence electrons. The highest BCUT2D eigenvalue weighted by Crippen LogP contribution is 2.17. The van der Waals surface area contributed by atoms with Crippen molar-refractivity contribution in [3.63, 3.8) is 0 Å². The molecule has 1 amide bonds. The van der Waals surface area contributed by atoms with Crippen LogP contribution in [0, 0.1) is 12.7 Å². The van der Waals surface area contributed by atoms with Crippen molar-refractivity contribution in [1.29, 1.82) is 0 Å². The number of hydrogen-bond acceptors (Lipinski definition) is 6. The van der Waals surface area contributed by atoms with Crippen molar-refractivity contribution in [1.82, 2.24) is 9.46 Å². The fourth-order valence-electron chi connectivity index (χ4n) is 2.30.